The van der Waals surface area contributed by atoms with Crippen LogP contribution in [0.4, 0.5) is 5.69 Å². The van der Waals surface area contributed by atoms with E-state index < -0.39 is 0 Å². The van der Waals surface area contributed by atoms with Gasteiger partial charge in [-0.05, 0) is 17.7 Å². The van der Waals surface area contributed by atoms with Crippen LogP contribution in [0.15, 0.2) is 54.6 Å². The Balaban J connectivity index is 1.43. The van der Waals surface area contributed by atoms with E-state index in [-0.39, 0.29) is 11.8 Å². The van der Waals surface area contributed by atoms with Crippen LogP contribution < -0.4 is 9.64 Å². The van der Waals surface area contributed by atoms with Crippen molar-refractivity contribution in [1.82, 2.24) is 9.80 Å². The molecule has 6 nitrogen and oxygen atoms in total. The number of benzene rings is 2. The van der Waals surface area contributed by atoms with Crippen molar-refractivity contribution in [3.8, 4) is 5.75 Å². The summed E-state index contributed by atoms with van der Waals surface area (Å²) in [7, 11) is 1.72. The SMILES string of the molecule is COc1ccccc1N1CCN(CC(C(=O)N2CCOCC2)c2ccccc2)CC1. The minimum absolute atomic E-state index is 0.137. The molecule has 1 amide bonds. The molecule has 2 aliphatic heterocycles. The molecule has 0 N–H and O–H groups in total. The molecule has 0 aromatic heterocycles. The number of rotatable bonds is 6. The molecule has 0 radical (unpaired) electrons. The molecule has 2 fully saturated rings. The summed E-state index contributed by atoms with van der Waals surface area (Å²) in [5, 5.41) is 0. The quantitative estimate of drug-likeness (QED) is 0.734. The minimum Gasteiger partial charge on any atom is -0.495 e. The van der Waals surface area contributed by atoms with E-state index in [4.69, 9.17) is 9.47 Å². The lowest BCUT2D eigenvalue weighted by Gasteiger charge is -2.39. The number of para-hydroxylation sites is 2. The number of hydrogen-bond acceptors (Lipinski definition) is 5. The summed E-state index contributed by atoms with van der Waals surface area (Å²) >= 11 is 0. The number of nitrogens with zero attached hydrogens (tertiary/aromatic N) is 3. The standard InChI is InChI=1S/C24H31N3O3/c1-29-23-10-6-5-9-22(23)26-13-11-25(12-14-26)19-21(20-7-3-2-4-8-20)24(28)27-15-17-30-18-16-27/h2-10,21H,11-19H2,1H3. The molecule has 1 atom stereocenters. The molecule has 2 aliphatic rings. The van der Waals surface area contributed by atoms with Crippen molar-refractivity contribution >= 4 is 11.6 Å². The summed E-state index contributed by atoms with van der Waals surface area (Å²) in [6.07, 6.45) is 0. The number of hydrogen-bond donors (Lipinski definition) is 0. The van der Waals surface area contributed by atoms with Crippen LogP contribution >= 0.6 is 0 Å². The predicted octanol–water partition coefficient (Wildman–Crippen LogP) is 2.46. The van der Waals surface area contributed by atoms with Gasteiger partial charge >= 0.3 is 0 Å². The lowest BCUT2D eigenvalue weighted by Crippen LogP contribution is -2.50. The Labute approximate surface area is 179 Å². The second-order valence-corrected chi connectivity index (χ2v) is 7.86. The van der Waals surface area contributed by atoms with Crippen LogP contribution in [0, 0.1) is 0 Å². The van der Waals surface area contributed by atoms with Crippen LogP contribution in [-0.2, 0) is 9.53 Å². The van der Waals surface area contributed by atoms with E-state index in [0.29, 0.717) is 26.3 Å². The first kappa shape index (κ1) is 20.7. The van der Waals surface area contributed by atoms with Gasteiger partial charge in [-0.3, -0.25) is 9.69 Å². The summed E-state index contributed by atoms with van der Waals surface area (Å²) in [5.41, 5.74) is 2.24. The average molecular weight is 410 g/mol. The number of carbonyl (C=O) groups excluding carboxylic acids is 1. The van der Waals surface area contributed by atoms with E-state index >= 15 is 0 Å². The van der Waals surface area contributed by atoms with Gasteiger partial charge in [0.1, 0.15) is 5.75 Å². The zero-order chi connectivity index (χ0) is 20.8. The molecule has 2 heterocycles. The second-order valence-electron chi connectivity index (χ2n) is 7.86. The smallest absolute Gasteiger partial charge is 0.231 e. The molecule has 160 valence electrons. The summed E-state index contributed by atoms with van der Waals surface area (Å²) in [5.74, 6) is 0.995. The van der Waals surface area contributed by atoms with Crippen LogP contribution in [0.3, 0.4) is 0 Å². The Morgan fingerprint density at radius 1 is 0.933 bits per heavy atom. The maximum absolute atomic E-state index is 13.4. The first-order chi connectivity index (χ1) is 14.8. The Bertz CT molecular complexity index is 815. The largest absolute Gasteiger partial charge is 0.495 e. The highest BCUT2D eigenvalue weighted by Gasteiger charge is 2.30. The monoisotopic (exact) mass is 409 g/mol. The van der Waals surface area contributed by atoms with Crippen molar-refractivity contribution in [3.05, 3.63) is 60.2 Å². The highest BCUT2D eigenvalue weighted by molar-refractivity contribution is 5.84. The molecule has 0 spiro atoms. The van der Waals surface area contributed by atoms with Gasteiger partial charge in [0.2, 0.25) is 5.91 Å². The number of ether oxygens (including phenoxy) is 2. The van der Waals surface area contributed by atoms with E-state index in [0.717, 1.165) is 49.7 Å². The summed E-state index contributed by atoms with van der Waals surface area (Å²) < 4.78 is 11.0. The molecular weight excluding hydrogens is 378 g/mol. The van der Waals surface area contributed by atoms with Crippen LogP contribution in [0.25, 0.3) is 0 Å². The lowest BCUT2D eigenvalue weighted by molar-refractivity contribution is -0.137. The Hall–Kier alpha value is -2.57. The number of methoxy groups -OCH3 is 1. The van der Waals surface area contributed by atoms with E-state index in [1.54, 1.807) is 7.11 Å². The van der Waals surface area contributed by atoms with Crippen molar-refractivity contribution in [2.45, 2.75) is 5.92 Å². The highest BCUT2D eigenvalue weighted by atomic mass is 16.5. The minimum atomic E-state index is -0.137. The number of amides is 1. The molecule has 2 aromatic carbocycles. The normalized spacial score (nSPS) is 18.8. The van der Waals surface area contributed by atoms with Gasteiger partial charge in [0.15, 0.2) is 0 Å². The van der Waals surface area contributed by atoms with Gasteiger partial charge in [0.05, 0.1) is 31.9 Å². The van der Waals surface area contributed by atoms with Gasteiger partial charge in [0.25, 0.3) is 0 Å². The fourth-order valence-corrected chi connectivity index (χ4v) is 4.34. The third-order valence-electron chi connectivity index (χ3n) is 6.06. The molecule has 2 saturated heterocycles. The summed E-state index contributed by atoms with van der Waals surface area (Å²) in [6, 6.07) is 18.4. The van der Waals surface area contributed by atoms with E-state index in [2.05, 4.69) is 34.1 Å². The fraction of sp³-hybridized carbons (Fsp3) is 0.458. The predicted molar refractivity (Wildman–Crippen MR) is 118 cm³/mol. The van der Waals surface area contributed by atoms with Gasteiger partial charge in [0, 0.05) is 45.8 Å². The van der Waals surface area contributed by atoms with Crippen molar-refractivity contribution in [2.75, 3.05) is 71.0 Å². The van der Waals surface area contributed by atoms with Crippen LogP contribution in [0.1, 0.15) is 11.5 Å². The zero-order valence-electron chi connectivity index (χ0n) is 17.7. The fourth-order valence-electron chi connectivity index (χ4n) is 4.34. The van der Waals surface area contributed by atoms with Crippen molar-refractivity contribution in [1.29, 1.82) is 0 Å². The Morgan fingerprint density at radius 3 is 2.30 bits per heavy atom. The number of carbonyl (C=O) groups is 1. The van der Waals surface area contributed by atoms with E-state index in [9.17, 15) is 4.79 Å². The molecule has 30 heavy (non-hydrogen) atoms. The molecule has 2 aromatic rings. The summed E-state index contributed by atoms with van der Waals surface area (Å²) in [4.78, 5) is 20.1. The van der Waals surface area contributed by atoms with Crippen LogP contribution in [0.2, 0.25) is 0 Å². The first-order valence-electron chi connectivity index (χ1n) is 10.8. The lowest BCUT2D eigenvalue weighted by atomic mass is 9.96. The topological polar surface area (TPSA) is 45.2 Å². The van der Waals surface area contributed by atoms with Crippen LogP contribution in [0.5, 0.6) is 5.75 Å². The molecule has 6 heteroatoms. The first-order valence-corrected chi connectivity index (χ1v) is 10.8. The molecule has 0 aliphatic carbocycles. The van der Waals surface area contributed by atoms with E-state index in [1.807, 2.05) is 35.2 Å². The second kappa shape index (κ2) is 9.96. The third kappa shape index (κ3) is 4.77. The Morgan fingerprint density at radius 2 is 1.60 bits per heavy atom. The molecule has 4 rings (SSSR count). The molecule has 1 unspecified atom stereocenters. The highest BCUT2D eigenvalue weighted by Crippen LogP contribution is 2.29. The van der Waals surface area contributed by atoms with Crippen molar-refractivity contribution < 1.29 is 14.3 Å². The van der Waals surface area contributed by atoms with Gasteiger partial charge in [-0.15, -0.1) is 0 Å². The van der Waals surface area contributed by atoms with Gasteiger partial charge in [-0.1, -0.05) is 42.5 Å². The average Bonchev–Trinajstić information content (AvgIpc) is 2.83. The van der Waals surface area contributed by atoms with Gasteiger partial charge in [-0.25, -0.2) is 0 Å². The number of piperazine rings is 1. The molecular formula is C24H31N3O3. The molecule has 0 saturated carbocycles. The summed E-state index contributed by atoms with van der Waals surface area (Å²) in [6.45, 7) is 7.08. The molecule has 0 bridgehead atoms. The Kier molecular flexibility index (Phi) is 6.87. The van der Waals surface area contributed by atoms with Crippen molar-refractivity contribution in [2.24, 2.45) is 0 Å². The zero-order valence-corrected chi connectivity index (χ0v) is 17.7. The van der Waals surface area contributed by atoms with Gasteiger partial charge < -0.3 is 19.3 Å². The van der Waals surface area contributed by atoms with Gasteiger partial charge in [-0.2, -0.15) is 0 Å². The number of morpholine rings is 1. The number of anilines is 1. The van der Waals surface area contributed by atoms with Crippen LogP contribution in [-0.4, -0.2) is 81.8 Å². The van der Waals surface area contributed by atoms with Crippen molar-refractivity contribution in [3.63, 3.8) is 0 Å². The van der Waals surface area contributed by atoms with E-state index in [1.165, 1.54) is 0 Å². The maximum atomic E-state index is 13.4. The third-order valence-corrected chi connectivity index (χ3v) is 6.06. The maximum Gasteiger partial charge on any atom is 0.231 e.